The van der Waals surface area contributed by atoms with Gasteiger partial charge in [0, 0.05) is 31.3 Å². The Morgan fingerprint density at radius 3 is 2.34 bits per heavy atom. The number of rotatable bonds is 8. The highest BCUT2D eigenvalue weighted by Crippen LogP contribution is 2.38. The van der Waals surface area contributed by atoms with Gasteiger partial charge in [0.25, 0.3) is 0 Å². The number of carbonyl (C=O) groups excluding carboxylic acids is 2. The number of hydrogen-bond donors (Lipinski definition) is 2. The first-order valence-corrected chi connectivity index (χ1v) is 17.4. The third-order valence-corrected chi connectivity index (χ3v) is 12.5. The second-order valence-corrected chi connectivity index (χ2v) is 18.2. The summed E-state index contributed by atoms with van der Waals surface area (Å²) in [6.07, 6.45) is 4.72. The van der Waals surface area contributed by atoms with Crippen molar-refractivity contribution in [3.05, 3.63) is 70.8 Å². The summed E-state index contributed by atoms with van der Waals surface area (Å²) < 4.78 is 11.7. The van der Waals surface area contributed by atoms with Gasteiger partial charge in [-0.15, -0.1) is 0 Å². The monoisotopic (exact) mass is 580 g/mol. The lowest BCUT2D eigenvalue weighted by Crippen LogP contribution is -2.40. The van der Waals surface area contributed by atoms with Crippen molar-refractivity contribution in [1.82, 2.24) is 10.2 Å². The molecule has 0 saturated carbocycles. The molecule has 7 nitrogen and oxygen atoms in total. The van der Waals surface area contributed by atoms with Crippen LogP contribution in [0.2, 0.25) is 18.1 Å². The topological polar surface area (TPSA) is 88.1 Å². The molecule has 3 rings (SSSR count). The van der Waals surface area contributed by atoms with Crippen LogP contribution in [0.1, 0.15) is 82.6 Å². The van der Waals surface area contributed by atoms with E-state index in [1.807, 2.05) is 43.9 Å². The predicted molar refractivity (Wildman–Crippen MR) is 167 cm³/mol. The number of hydrogen-bond acceptors (Lipinski definition) is 5. The van der Waals surface area contributed by atoms with E-state index in [0.29, 0.717) is 37.7 Å². The molecule has 2 aromatic rings. The van der Waals surface area contributed by atoms with E-state index in [4.69, 9.17) is 9.16 Å². The number of amides is 2. The largest absolute Gasteiger partial charge is 0.508 e. The highest BCUT2D eigenvalue weighted by Gasteiger charge is 2.37. The van der Waals surface area contributed by atoms with Gasteiger partial charge < -0.3 is 24.5 Å². The maximum atomic E-state index is 13.1. The highest BCUT2D eigenvalue weighted by atomic mass is 28.4. The van der Waals surface area contributed by atoms with Crippen LogP contribution in [0.25, 0.3) is 6.08 Å². The van der Waals surface area contributed by atoms with Crippen molar-refractivity contribution >= 4 is 26.4 Å². The van der Waals surface area contributed by atoms with Gasteiger partial charge in [0.1, 0.15) is 11.4 Å². The van der Waals surface area contributed by atoms with Crippen LogP contribution in [0.15, 0.2) is 48.5 Å². The fourth-order valence-corrected chi connectivity index (χ4v) is 5.46. The Balaban J connectivity index is 1.57. The molecule has 0 atom stereocenters. The van der Waals surface area contributed by atoms with Gasteiger partial charge in [-0.05, 0) is 86.5 Å². The van der Waals surface area contributed by atoms with Gasteiger partial charge >= 0.3 is 6.09 Å². The summed E-state index contributed by atoms with van der Waals surface area (Å²) in [5, 5.41) is 13.4. The summed E-state index contributed by atoms with van der Waals surface area (Å²) in [5.74, 6) is 0.510. The molecule has 8 heteroatoms. The lowest BCUT2D eigenvalue weighted by Gasteiger charge is -2.36. The average Bonchev–Trinajstić information content (AvgIpc) is 2.88. The van der Waals surface area contributed by atoms with E-state index < -0.39 is 20.0 Å². The number of benzene rings is 2. The maximum Gasteiger partial charge on any atom is 0.407 e. The zero-order valence-electron chi connectivity index (χ0n) is 26.0. The minimum atomic E-state index is -2.00. The Morgan fingerprint density at radius 2 is 1.71 bits per heavy atom. The third-order valence-electron chi connectivity index (χ3n) is 8.04. The summed E-state index contributed by atoms with van der Waals surface area (Å²) >= 11 is 0. The standard InChI is InChI=1S/C33H48N2O5Si/c1-32(2,3)40-31(38)34-22-24-11-9-13-27(21-24)25-17-19-35(20-18-25)30(37)16-15-26-12-10-14-29(36)28(26)23-39-41(7,8)33(4,5)6/h9-16,21,25,36H,17-20,22-23H2,1-8H3,(H,34,38)/b16-15+. The summed E-state index contributed by atoms with van der Waals surface area (Å²) in [6.45, 7) is 18.5. The van der Waals surface area contributed by atoms with Crippen LogP contribution in [0.5, 0.6) is 5.75 Å². The predicted octanol–water partition coefficient (Wildman–Crippen LogP) is 7.36. The quantitative estimate of drug-likeness (QED) is 0.252. The minimum Gasteiger partial charge on any atom is -0.508 e. The number of piperidine rings is 1. The minimum absolute atomic E-state index is 0.0293. The maximum absolute atomic E-state index is 13.1. The van der Waals surface area contributed by atoms with E-state index in [2.05, 4.69) is 51.3 Å². The number of phenols is 1. The van der Waals surface area contributed by atoms with Crippen LogP contribution in [0, 0.1) is 0 Å². The lowest BCUT2D eigenvalue weighted by atomic mass is 9.88. The molecule has 0 radical (unpaired) electrons. The van der Waals surface area contributed by atoms with Gasteiger partial charge in [0.05, 0.1) is 6.61 Å². The van der Waals surface area contributed by atoms with Gasteiger partial charge in [-0.25, -0.2) is 4.79 Å². The van der Waals surface area contributed by atoms with Crippen molar-refractivity contribution in [3.63, 3.8) is 0 Å². The van der Waals surface area contributed by atoms with Crippen LogP contribution in [0.4, 0.5) is 4.79 Å². The normalized spacial score (nSPS) is 15.3. The molecular formula is C33H48N2O5Si. The van der Waals surface area contributed by atoms with Gasteiger partial charge in [-0.1, -0.05) is 57.2 Å². The fourth-order valence-electron chi connectivity index (χ4n) is 4.52. The van der Waals surface area contributed by atoms with Crippen molar-refractivity contribution < 1.29 is 23.9 Å². The molecule has 2 N–H and O–H groups in total. The van der Waals surface area contributed by atoms with Crippen molar-refractivity contribution in [2.45, 2.75) is 97.2 Å². The Labute approximate surface area is 247 Å². The summed E-state index contributed by atoms with van der Waals surface area (Å²) in [5.41, 5.74) is 3.22. The van der Waals surface area contributed by atoms with Crippen molar-refractivity contribution in [2.75, 3.05) is 13.1 Å². The van der Waals surface area contributed by atoms with Crippen molar-refractivity contribution in [1.29, 1.82) is 0 Å². The number of nitrogens with one attached hydrogen (secondary N) is 1. The number of carbonyl (C=O) groups is 2. The number of likely N-dealkylation sites (tertiary alicyclic amines) is 1. The SMILES string of the molecule is CC(C)(C)OC(=O)NCc1cccc(C2CCN(C(=O)/C=C/c3cccc(O)c3CO[Si](C)(C)C(C)(C)C)CC2)c1. The van der Waals surface area contributed by atoms with Gasteiger partial charge in [0.2, 0.25) is 5.91 Å². The smallest absolute Gasteiger partial charge is 0.407 e. The number of aromatic hydroxyl groups is 1. The van der Waals surface area contributed by atoms with Crippen molar-refractivity contribution in [3.8, 4) is 5.75 Å². The average molecular weight is 581 g/mol. The van der Waals surface area contributed by atoms with Gasteiger partial charge in [-0.3, -0.25) is 4.79 Å². The second kappa shape index (κ2) is 13.3. The van der Waals surface area contributed by atoms with Crippen LogP contribution in [0.3, 0.4) is 0 Å². The molecule has 1 aliphatic heterocycles. The Hall–Kier alpha value is -3.10. The van der Waals surface area contributed by atoms with Crippen LogP contribution in [-0.2, 0) is 27.1 Å². The molecule has 0 spiro atoms. The first kappa shape index (κ1) is 32.4. The molecule has 2 amide bonds. The van der Waals surface area contributed by atoms with Crippen molar-refractivity contribution in [2.24, 2.45) is 0 Å². The Morgan fingerprint density at radius 1 is 1.05 bits per heavy atom. The molecule has 224 valence electrons. The van der Waals surface area contributed by atoms with E-state index in [1.165, 1.54) is 5.56 Å². The van der Waals surface area contributed by atoms with E-state index in [1.54, 1.807) is 24.3 Å². The van der Waals surface area contributed by atoms with Gasteiger partial charge in [-0.2, -0.15) is 0 Å². The summed E-state index contributed by atoms with van der Waals surface area (Å²) in [6, 6.07) is 13.6. The Kier molecular flexibility index (Phi) is 10.5. The molecule has 1 aliphatic rings. The molecule has 0 unspecified atom stereocenters. The van der Waals surface area contributed by atoms with Crippen LogP contribution in [-0.4, -0.2) is 49.0 Å². The van der Waals surface area contributed by atoms with Crippen LogP contribution < -0.4 is 5.32 Å². The first-order chi connectivity index (χ1) is 19.1. The number of ether oxygens (including phenoxy) is 1. The number of alkyl carbamates (subject to hydrolysis) is 1. The van der Waals surface area contributed by atoms with Crippen LogP contribution >= 0.6 is 0 Å². The lowest BCUT2D eigenvalue weighted by molar-refractivity contribution is -0.126. The molecule has 1 fully saturated rings. The van der Waals surface area contributed by atoms with E-state index in [0.717, 1.165) is 24.0 Å². The van der Waals surface area contributed by atoms with E-state index >= 15 is 0 Å². The molecule has 2 aromatic carbocycles. The third kappa shape index (κ3) is 9.47. The highest BCUT2D eigenvalue weighted by molar-refractivity contribution is 6.74. The molecule has 41 heavy (non-hydrogen) atoms. The molecule has 1 saturated heterocycles. The molecule has 1 heterocycles. The summed E-state index contributed by atoms with van der Waals surface area (Å²) in [4.78, 5) is 27.0. The summed E-state index contributed by atoms with van der Waals surface area (Å²) in [7, 11) is -2.00. The zero-order valence-corrected chi connectivity index (χ0v) is 27.0. The number of nitrogens with zero attached hydrogens (tertiary/aromatic N) is 1. The molecule has 0 aliphatic carbocycles. The molecular weight excluding hydrogens is 532 g/mol. The molecule has 0 aromatic heterocycles. The second-order valence-electron chi connectivity index (χ2n) is 13.4. The van der Waals surface area contributed by atoms with E-state index in [9.17, 15) is 14.7 Å². The number of phenolic OH excluding ortho intramolecular Hbond substituents is 1. The molecule has 0 bridgehead atoms. The Bertz CT molecular complexity index is 1230. The van der Waals surface area contributed by atoms with E-state index in [-0.39, 0.29) is 16.7 Å². The zero-order chi connectivity index (χ0) is 30.4. The first-order valence-electron chi connectivity index (χ1n) is 14.5. The fraction of sp³-hybridized carbons (Fsp3) is 0.515. The van der Waals surface area contributed by atoms with Gasteiger partial charge in [0.15, 0.2) is 8.32 Å².